The second kappa shape index (κ2) is 5.83. The van der Waals surface area contributed by atoms with Crippen molar-refractivity contribution in [2.45, 2.75) is 26.3 Å². The normalized spacial score (nSPS) is 12.9. The highest BCUT2D eigenvalue weighted by Gasteiger charge is 2.24. The number of aromatic nitrogens is 5. The van der Waals surface area contributed by atoms with Crippen molar-refractivity contribution in [3.63, 3.8) is 0 Å². The maximum Gasteiger partial charge on any atom is 0.153 e. The van der Waals surface area contributed by atoms with E-state index in [1.165, 1.54) is 0 Å². The molecular formula is C12H19BrN6. The van der Waals surface area contributed by atoms with Crippen LogP contribution in [0.2, 0.25) is 0 Å². The highest BCUT2D eigenvalue weighted by Crippen LogP contribution is 2.28. The third kappa shape index (κ3) is 2.87. The van der Waals surface area contributed by atoms with Crippen molar-refractivity contribution < 1.29 is 0 Å². The van der Waals surface area contributed by atoms with Gasteiger partial charge >= 0.3 is 0 Å². The maximum absolute atomic E-state index is 4.42. The van der Waals surface area contributed by atoms with Crippen LogP contribution >= 0.6 is 15.9 Å². The molecule has 0 saturated carbocycles. The summed E-state index contributed by atoms with van der Waals surface area (Å²) in [5.41, 5.74) is 3.19. The van der Waals surface area contributed by atoms with Gasteiger partial charge in [0.1, 0.15) is 0 Å². The molecule has 2 aromatic heterocycles. The zero-order valence-corrected chi connectivity index (χ0v) is 13.3. The van der Waals surface area contributed by atoms with Gasteiger partial charge in [0.15, 0.2) is 4.60 Å². The number of nitrogens with zero attached hydrogens (tertiary/aromatic N) is 5. The van der Waals surface area contributed by atoms with E-state index in [-0.39, 0.29) is 6.04 Å². The lowest BCUT2D eigenvalue weighted by Gasteiger charge is -2.18. The number of aryl methyl sites for hydroxylation is 3. The van der Waals surface area contributed by atoms with Crippen LogP contribution in [0.1, 0.15) is 36.3 Å². The first-order valence-electron chi connectivity index (χ1n) is 6.33. The van der Waals surface area contributed by atoms with Crippen LogP contribution in [0.15, 0.2) is 10.8 Å². The summed E-state index contributed by atoms with van der Waals surface area (Å²) in [7, 11) is 3.84. The molecule has 0 saturated heterocycles. The molecular weight excluding hydrogens is 308 g/mol. The van der Waals surface area contributed by atoms with Gasteiger partial charge in [0.2, 0.25) is 0 Å². The smallest absolute Gasteiger partial charge is 0.153 e. The molecule has 0 aliphatic carbocycles. The summed E-state index contributed by atoms with van der Waals surface area (Å²) in [6.07, 6.45) is 3.11. The van der Waals surface area contributed by atoms with Gasteiger partial charge in [-0.3, -0.25) is 4.68 Å². The molecule has 0 amide bonds. The van der Waals surface area contributed by atoms with E-state index in [1.807, 2.05) is 31.9 Å². The molecule has 6 nitrogen and oxygen atoms in total. The number of nitrogens with one attached hydrogen (secondary N) is 1. The molecule has 1 unspecified atom stereocenters. The van der Waals surface area contributed by atoms with Crippen molar-refractivity contribution in [3.8, 4) is 0 Å². The van der Waals surface area contributed by atoms with Crippen molar-refractivity contribution >= 4 is 15.9 Å². The summed E-state index contributed by atoms with van der Waals surface area (Å²) in [5.74, 6) is 0. The Morgan fingerprint density at radius 3 is 2.63 bits per heavy atom. The first kappa shape index (κ1) is 14.2. The van der Waals surface area contributed by atoms with E-state index in [2.05, 4.69) is 43.6 Å². The van der Waals surface area contributed by atoms with Gasteiger partial charge < -0.3 is 5.32 Å². The van der Waals surface area contributed by atoms with Crippen molar-refractivity contribution in [2.24, 2.45) is 14.1 Å². The van der Waals surface area contributed by atoms with Crippen molar-refractivity contribution in [2.75, 3.05) is 6.54 Å². The predicted octanol–water partition coefficient (Wildman–Crippen LogP) is 1.71. The summed E-state index contributed by atoms with van der Waals surface area (Å²) in [5, 5.41) is 16.1. The lowest BCUT2D eigenvalue weighted by atomic mass is 10.1. The van der Waals surface area contributed by atoms with Gasteiger partial charge in [-0.15, -0.1) is 5.10 Å². The zero-order valence-electron chi connectivity index (χ0n) is 11.7. The molecule has 2 rings (SSSR count). The van der Waals surface area contributed by atoms with Crippen molar-refractivity contribution in [1.82, 2.24) is 30.1 Å². The molecule has 0 radical (unpaired) electrons. The maximum atomic E-state index is 4.42. The molecule has 0 fully saturated rings. The first-order chi connectivity index (χ1) is 9.04. The van der Waals surface area contributed by atoms with Crippen LogP contribution < -0.4 is 5.32 Å². The van der Waals surface area contributed by atoms with E-state index in [9.17, 15) is 0 Å². The molecule has 0 bridgehead atoms. The second-order valence-corrected chi connectivity index (χ2v) is 5.37. The zero-order chi connectivity index (χ0) is 14.0. The minimum Gasteiger partial charge on any atom is -0.305 e. The number of halogens is 1. The van der Waals surface area contributed by atoms with Crippen LogP contribution in [0.3, 0.4) is 0 Å². The lowest BCUT2D eigenvalue weighted by Crippen LogP contribution is -2.26. The molecule has 19 heavy (non-hydrogen) atoms. The Hall–Kier alpha value is -1.21. The van der Waals surface area contributed by atoms with Gasteiger partial charge in [0.05, 0.1) is 17.4 Å². The molecule has 2 aromatic rings. The highest BCUT2D eigenvalue weighted by atomic mass is 79.9. The van der Waals surface area contributed by atoms with Crippen molar-refractivity contribution in [1.29, 1.82) is 0 Å². The minimum absolute atomic E-state index is 0.0445. The quantitative estimate of drug-likeness (QED) is 0.908. The van der Waals surface area contributed by atoms with E-state index in [0.717, 1.165) is 34.5 Å². The standard InChI is InChI=1S/C12H19BrN6/c1-5-6-14-10(9-7-18(3)16-8(9)2)11-12(13)15-17-19(11)4/h7,10,14H,5-6H2,1-4H3. The third-order valence-electron chi connectivity index (χ3n) is 3.06. The third-order valence-corrected chi connectivity index (χ3v) is 3.63. The second-order valence-electron chi connectivity index (χ2n) is 4.62. The van der Waals surface area contributed by atoms with Gasteiger partial charge in [-0.2, -0.15) is 5.10 Å². The lowest BCUT2D eigenvalue weighted by molar-refractivity contribution is 0.547. The molecule has 1 atom stereocenters. The van der Waals surface area contributed by atoms with Gasteiger partial charge in [0, 0.05) is 25.9 Å². The van der Waals surface area contributed by atoms with Crippen LogP contribution in [0, 0.1) is 6.92 Å². The summed E-state index contributed by atoms with van der Waals surface area (Å²) < 4.78 is 4.40. The van der Waals surface area contributed by atoms with Crippen LogP contribution in [-0.4, -0.2) is 31.3 Å². The van der Waals surface area contributed by atoms with E-state index >= 15 is 0 Å². The molecule has 0 aliphatic rings. The molecule has 104 valence electrons. The van der Waals surface area contributed by atoms with Crippen LogP contribution in [0.25, 0.3) is 0 Å². The Morgan fingerprint density at radius 1 is 1.42 bits per heavy atom. The van der Waals surface area contributed by atoms with E-state index in [1.54, 1.807) is 4.68 Å². The number of rotatable bonds is 5. The van der Waals surface area contributed by atoms with Gasteiger partial charge in [0.25, 0.3) is 0 Å². The van der Waals surface area contributed by atoms with Crippen LogP contribution in [-0.2, 0) is 14.1 Å². The summed E-state index contributed by atoms with van der Waals surface area (Å²) in [6.45, 7) is 5.10. The topological polar surface area (TPSA) is 60.6 Å². The minimum atomic E-state index is 0.0445. The Kier molecular flexibility index (Phi) is 4.36. The number of hydrogen-bond donors (Lipinski definition) is 1. The monoisotopic (exact) mass is 326 g/mol. The van der Waals surface area contributed by atoms with E-state index < -0.39 is 0 Å². The fourth-order valence-electron chi connectivity index (χ4n) is 2.19. The first-order valence-corrected chi connectivity index (χ1v) is 7.12. The average Bonchev–Trinajstić information content (AvgIpc) is 2.85. The molecule has 0 spiro atoms. The predicted molar refractivity (Wildman–Crippen MR) is 76.8 cm³/mol. The van der Waals surface area contributed by atoms with E-state index in [4.69, 9.17) is 0 Å². The Balaban J connectivity index is 2.44. The Labute approximate surface area is 121 Å². The average molecular weight is 327 g/mol. The van der Waals surface area contributed by atoms with Gasteiger partial charge in [-0.1, -0.05) is 12.1 Å². The molecule has 1 N–H and O–H groups in total. The fraction of sp³-hybridized carbons (Fsp3) is 0.583. The fourth-order valence-corrected chi connectivity index (χ4v) is 2.75. The van der Waals surface area contributed by atoms with Gasteiger partial charge in [-0.05, 0) is 35.8 Å². The largest absolute Gasteiger partial charge is 0.305 e. The molecule has 0 aliphatic heterocycles. The summed E-state index contributed by atoms with van der Waals surface area (Å²) in [6, 6.07) is 0.0445. The van der Waals surface area contributed by atoms with Crippen molar-refractivity contribution in [3.05, 3.63) is 27.8 Å². The molecule has 0 aromatic carbocycles. The SMILES string of the molecule is CCCNC(c1cn(C)nc1C)c1c(Br)nnn1C. The van der Waals surface area contributed by atoms with Gasteiger partial charge in [-0.25, -0.2) is 4.68 Å². The van der Waals surface area contributed by atoms with Crippen LogP contribution in [0.5, 0.6) is 0 Å². The Bertz CT molecular complexity index is 539. The molecule has 2 heterocycles. The van der Waals surface area contributed by atoms with E-state index in [0.29, 0.717) is 0 Å². The Morgan fingerprint density at radius 2 is 2.16 bits per heavy atom. The number of hydrogen-bond acceptors (Lipinski definition) is 4. The highest BCUT2D eigenvalue weighted by molar-refractivity contribution is 9.10. The molecule has 7 heteroatoms. The van der Waals surface area contributed by atoms with Crippen LogP contribution in [0.4, 0.5) is 0 Å². The summed E-state index contributed by atoms with van der Waals surface area (Å²) >= 11 is 3.48. The summed E-state index contributed by atoms with van der Waals surface area (Å²) in [4.78, 5) is 0.